The fourth-order valence-electron chi connectivity index (χ4n) is 1.58. The third kappa shape index (κ3) is 2.52. The number of benzene rings is 1. The molecule has 84 valence electrons. The molecule has 4 heteroatoms. The van der Waals surface area contributed by atoms with Crippen LogP contribution in [0.2, 0.25) is 0 Å². The molecule has 1 unspecified atom stereocenters. The SMILES string of the molecule is CC(C)(F)c1c(F)cccc1C(N)CO. The number of aliphatic hydroxyl groups is 1. The van der Waals surface area contributed by atoms with Gasteiger partial charge in [-0.05, 0) is 25.5 Å². The first kappa shape index (κ1) is 12.1. The van der Waals surface area contributed by atoms with Crippen LogP contribution in [0.15, 0.2) is 18.2 Å². The predicted molar refractivity (Wildman–Crippen MR) is 54.5 cm³/mol. The van der Waals surface area contributed by atoms with E-state index in [0.717, 1.165) is 0 Å². The van der Waals surface area contributed by atoms with Gasteiger partial charge in [0.05, 0.1) is 12.6 Å². The molecule has 0 saturated carbocycles. The molecule has 1 aromatic carbocycles. The molecule has 0 fully saturated rings. The van der Waals surface area contributed by atoms with E-state index in [1.807, 2.05) is 0 Å². The first-order valence-corrected chi connectivity index (χ1v) is 4.72. The molecule has 0 aliphatic rings. The van der Waals surface area contributed by atoms with E-state index in [4.69, 9.17) is 10.8 Å². The van der Waals surface area contributed by atoms with E-state index in [2.05, 4.69) is 0 Å². The van der Waals surface area contributed by atoms with Gasteiger partial charge in [0.2, 0.25) is 0 Å². The second-order valence-corrected chi connectivity index (χ2v) is 3.97. The van der Waals surface area contributed by atoms with E-state index >= 15 is 0 Å². The average Bonchev–Trinajstić information content (AvgIpc) is 2.14. The number of hydrogen-bond donors (Lipinski definition) is 2. The van der Waals surface area contributed by atoms with Crippen molar-refractivity contribution < 1.29 is 13.9 Å². The van der Waals surface area contributed by atoms with Gasteiger partial charge in [0.15, 0.2) is 0 Å². The van der Waals surface area contributed by atoms with Gasteiger partial charge >= 0.3 is 0 Å². The van der Waals surface area contributed by atoms with E-state index in [9.17, 15) is 8.78 Å². The second-order valence-electron chi connectivity index (χ2n) is 3.97. The molecule has 0 amide bonds. The molecule has 15 heavy (non-hydrogen) atoms. The Morgan fingerprint density at radius 3 is 2.53 bits per heavy atom. The number of nitrogens with two attached hydrogens (primary N) is 1. The van der Waals surface area contributed by atoms with Crippen LogP contribution < -0.4 is 5.73 Å². The smallest absolute Gasteiger partial charge is 0.133 e. The van der Waals surface area contributed by atoms with Gasteiger partial charge in [-0.3, -0.25) is 0 Å². The molecular formula is C11H15F2NO. The van der Waals surface area contributed by atoms with Gasteiger partial charge in [-0.15, -0.1) is 0 Å². The zero-order valence-corrected chi connectivity index (χ0v) is 8.80. The van der Waals surface area contributed by atoms with Crippen molar-refractivity contribution in [1.82, 2.24) is 0 Å². The van der Waals surface area contributed by atoms with Crippen molar-refractivity contribution in [2.45, 2.75) is 25.6 Å². The fraction of sp³-hybridized carbons (Fsp3) is 0.455. The highest BCUT2D eigenvalue weighted by Crippen LogP contribution is 2.32. The maximum absolute atomic E-state index is 13.8. The summed E-state index contributed by atoms with van der Waals surface area (Å²) in [6.45, 7) is 2.19. The Labute approximate surface area is 87.7 Å². The van der Waals surface area contributed by atoms with Crippen LogP contribution in [-0.2, 0) is 5.67 Å². The maximum atomic E-state index is 13.8. The van der Waals surface area contributed by atoms with Crippen LogP contribution >= 0.6 is 0 Å². The highest BCUT2D eigenvalue weighted by Gasteiger charge is 2.28. The normalized spacial score (nSPS) is 14.0. The van der Waals surface area contributed by atoms with Crippen molar-refractivity contribution in [3.8, 4) is 0 Å². The Bertz CT molecular complexity index is 347. The summed E-state index contributed by atoms with van der Waals surface area (Å²) in [5.41, 5.74) is 4.00. The topological polar surface area (TPSA) is 46.2 Å². The van der Waals surface area contributed by atoms with Crippen molar-refractivity contribution in [3.05, 3.63) is 35.1 Å². The first-order valence-electron chi connectivity index (χ1n) is 4.72. The molecular weight excluding hydrogens is 200 g/mol. The standard InChI is InChI=1S/C11H15F2NO/c1-11(2,13)10-7(9(14)6-15)4-3-5-8(10)12/h3-5,9,15H,6,14H2,1-2H3. The van der Waals surface area contributed by atoms with Crippen LogP contribution in [0.25, 0.3) is 0 Å². The van der Waals surface area contributed by atoms with Gasteiger partial charge in [-0.2, -0.15) is 0 Å². The molecule has 0 aliphatic carbocycles. The molecule has 1 aromatic rings. The van der Waals surface area contributed by atoms with E-state index in [-0.39, 0.29) is 12.2 Å². The third-order valence-electron chi connectivity index (χ3n) is 2.24. The van der Waals surface area contributed by atoms with Crippen molar-refractivity contribution in [2.24, 2.45) is 5.73 Å². The monoisotopic (exact) mass is 215 g/mol. The molecule has 0 bridgehead atoms. The third-order valence-corrected chi connectivity index (χ3v) is 2.24. The van der Waals surface area contributed by atoms with Gasteiger partial charge in [-0.1, -0.05) is 12.1 Å². The molecule has 0 spiro atoms. The Morgan fingerprint density at radius 2 is 2.07 bits per heavy atom. The van der Waals surface area contributed by atoms with Gasteiger partial charge in [0, 0.05) is 5.56 Å². The molecule has 2 nitrogen and oxygen atoms in total. The number of hydrogen-bond acceptors (Lipinski definition) is 2. The summed E-state index contributed by atoms with van der Waals surface area (Å²) in [5.74, 6) is -0.635. The first-order chi connectivity index (χ1) is 6.88. The summed E-state index contributed by atoms with van der Waals surface area (Å²) in [4.78, 5) is 0. The Kier molecular flexibility index (Phi) is 3.42. The number of halogens is 2. The lowest BCUT2D eigenvalue weighted by Gasteiger charge is -2.22. The van der Waals surface area contributed by atoms with Crippen molar-refractivity contribution in [1.29, 1.82) is 0 Å². The average molecular weight is 215 g/mol. The zero-order chi connectivity index (χ0) is 11.6. The van der Waals surface area contributed by atoms with E-state index in [0.29, 0.717) is 5.56 Å². The van der Waals surface area contributed by atoms with E-state index in [1.165, 1.54) is 32.0 Å². The molecule has 0 saturated heterocycles. The number of aliphatic hydroxyl groups excluding tert-OH is 1. The number of rotatable bonds is 3. The highest BCUT2D eigenvalue weighted by atomic mass is 19.1. The summed E-state index contributed by atoms with van der Waals surface area (Å²) < 4.78 is 27.2. The molecule has 0 heterocycles. The van der Waals surface area contributed by atoms with Crippen molar-refractivity contribution in [3.63, 3.8) is 0 Å². The van der Waals surface area contributed by atoms with Crippen LogP contribution in [0.5, 0.6) is 0 Å². The van der Waals surface area contributed by atoms with Crippen LogP contribution in [0.1, 0.15) is 31.0 Å². The Balaban J connectivity index is 3.33. The van der Waals surface area contributed by atoms with Crippen LogP contribution in [0.4, 0.5) is 8.78 Å². The van der Waals surface area contributed by atoms with E-state index < -0.39 is 17.5 Å². The predicted octanol–water partition coefficient (Wildman–Crippen LogP) is 2.02. The summed E-state index contributed by atoms with van der Waals surface area (Å²) in [7, 11) is 0. The lowest BCUT2D eigenvalue weighted by molar-refractivity contribution is 0.207. The molecule has 1 atom stereocenters. The van der Waals surface area contributed by atoms with E-state index in [1.54, 1.807) is 0 Å². The summed E-state index contributed by atoms with van der Waals surface area (Å²) in [5, 5.41) is 8.90. The molecule has 0 radical (unpaired) electrons. The minimum absolute atomic E-state index is 0.0773. The second kappa shape index (κ2) is 4.24. The molecule has 3 N–H and O–H groups in total. The lowest BCUT2D eigenvalue weighted by Crippen LogP contribution is -2.22. The van der Waals surface area contributed by atoms with Crippen LogP contribution in [-0.4, -0.2) is 11.7 Å². The number of alkyl halides is 1. The van der Waals surface area contributed by atoms with Crippen LogP contribution in [0.3, 0.4) is 0 Å². The minimum atomic E-state index is -1.81. The van der Waals surface area contributed by atoms with Crippen molar-refractivity contribution in [2.75, 3.05) is 6.61 Å². The minimum Gasteiger partial charge on any atom is -0.394 e. The van der Waals surface area contributed by atoms with Crippen LogP contribution in [0, 0.1) is 5.82 Å². The highest BCUT2D eigenvalue weighted by molar-refractivity contribution is 5.35. The zero-order valence-electron chi connectivity index (χ0n) is 8.80. The summed E-state index contributed by atoms with van der Waals surface area (Å²) in [6, 6.07) is 3.41. The maximum Gasteiger partial charge on any atom is 0.133 e. The Morgan fingerprint density at radius 1 is 1.47 bits per heavy atom. The van der Waals surface area contributed by atoms with Gasteiger partial charge in [0.1, 0.15) is 11.5 Å². The van der Waals surface area contributed by atoms with Crippen molar-refractivity contribution >= 4 is 0 Å². The van der Waals surface area contributed by atoms with Gasteiger partial charge in [-0.25, -0.2) is 8.78 Å². The Hall–Kier alpha value is -1.00. The summed E-state index contributed by atoms with van der Waals surface area (Å²) in [6.07, 6.45) is 0. The fourth-order valence-corrected chi connectivity index (χ4v) is 1.58. The lowest BCUT2D eigenvalue weighted by atomic mass is 9.91. The molecule has 1 rings (SSSR count). The molecule has 0 aliphatic heterocycles. The summed E-state index contributed by atoms with van der Waals surface area (Å²) >= 11 is 0. The quantitative estimate of drug-likeness (QED) is 0.810. The van der Waals surface area contributed by atoms with Gasteiger partial charge in [0.25, 0.3) is 0 Å². The van der Waals surface area contributed by atoms with Gasteiger partial charge < -0.3 is 10.8 Å². The largest absolute Gasteiger partial charge is 0.394 e. The molecule has 0 aromatic heterocycles.